The van der Waals surface area contributed by atoms with Gasteiger partial charge in [-0.1, -0.05) is 11.6 Å². The molecule has 0 unspecified atom stereocenters. The lowest BCUT2D eigenvalue weighted by Crippen LogP contribution is -2.21. The number of hydrogen-bond acceptors (Lipinski definition) is 5. The van der Waals surface area contributed by atoms with E-state index in [1.807, 2.05) is 0 Å². The lowest BCUT2D eigenvalue weighted by molar-refractivity contribution is -0.118. The molecule has 0 saturated heterocycles. The van der Waals surface area contributed by atoms with Gasteiger partial charge in [0.25, 0.3) is 5.91 Å². The van der Waals surface area contributed by atoms with Crippen molar-refractivity contribution < 1.29 is 9.53 Å². The third kappa shape index (κ3) is 3.76. The third-order valence-electron chi connectivity index (χ3n) is 2.39. The van der Waals surface area contributed by atoms with Crippen molar-refractivity contribution in [3.63, 3.8) is 0 Å². The number of carbonyl (C=O) groups excluding carboxylic acids is 1. The molecule has 2 aromatic rings. The number of ether oxygens (including phenoxy) is 1. The summed E-state index contributed by atoms with van der Waals surface area (Å²) in [6, 6.07) is 8.04. The zero-order chi connectivity index (χ0) is 14.5. The lowest BCUT2D eigenvalue weighted by atomic mass is 10.2. The fraction of sp³-hybridized carbons (Fsp3) is 0.0769. The summed E-state index contributed by atoms with van der Waals surface area (Å²) in [5.74, 6) is 0.447. The minimum Gasteiger partial charge on any atom is -0.482 e. The van der Waals surface area contributed by atoms with Gasteiger partial charge in [-0.3, -0.25) is 4.79 Å². The Balaban J connectivity index is 1.90. The number of aromatic nitrogens is 1. The lowest BCUT2D eigenvalue weighted by Gasteiger charge is -2.09. The topological polar surface area (TPSA) is 103 Å². The molecule has 1 amide bonds. The predicted molar refractivity (Wildman–Crippen MR) is 78.6 cm³/mol. The van der Waals surface area contributed by atoms with Crippen LogP contribution in [0.15, 0.2) is 36.5 Å². The summed E-state index contributed by atoms with van der Waals surface area (Å²) in [6.07, 6.45) is 1.44. The van der Waals surface area contributed by atoms with Crippen molar-refractivity contribution in [2.24, 2.45) is 0 Å². The molecule has 1 aromatic heterocycles. The van der Waals surface area contributed by atoms with Crippen molar-refractivity contribution in [2.75, 3.05) is 23.4 Å². The molecule has 5 N–H and O–H groups in total. The van der Waals surface area contributed by atoms with Crippen molar-refractivity contribution in [3.8, 4) is 5.75 Å². The first kappa shape index (κ1) is 14.0. The van der Waals surface area contributed by atoms with Crippen LogP contribution in [0.2, 0.25) is 5.02 Å². The van der Waals surface area contributed by atoms with Gasteiger partial charge >= 0.3 is 0 Å². The van der Waals surface area contributed by atoms with E-state index in [1.54, 1.807) is 30.3 Å². The van der Waals surface area contributed by atoms with Crippen LogP contribution in [0.25, 0.3) is 0 Å². The molecule has 104 valence electrons. The van der Waals surface area contributed by atoms with Crippen LogP contribution in [0, 0.1) is 0 Å². The molecule has 1 heterocycles. The number of nitrogens with zero attached hydrogens (tertiary/aromatic N) is 1. The van der Waals surface area contributed by atoms with Crippen molar-refractivity contribution >= 4 is 34.7 Å². The fourth-order valence-electron chi connectivity index (χ4n) is 1.47. The molecule has 0 aliphatic rings. The Morgan fingerprint density at radius 1 is 1.30 bits per heavy atom. The number of halogens is 1. The second-order valence-electron chi connectivity index (χ2n) is 4.00. The number of benzene rings is 1. The van der Waals surface area contributed by atoms with Gasteiger partial charge in [0, 0.05) is 11.9 Å². The zero-order valence-corrected chi connectivity index (χ0v) is 11.2. The van der Waals surface area contributed by atoms with Crippen molar-refractivity contribution in [1.82, 2.24) is 4.98 Å². The Morgan fingerprint density at radius 2 is 2.10 bits per heavy atom. The Bertz CT molecular complexity index is 616. The summed E-state index contributed by atoms with van der Waals surface area (Å²) in [5, 5.41) is 3.07. The van der Waals surface area contributed by atoms with Crippen molar-refractivity contribution in [3.05, 3.63) is 41.6 Å². The quantitative estimate of drug-likeness (QED) is 0.747. The minimum atomic E-state index is -0.351. The SMILES string of the molecule is Nc1ccc(OCC(=O)Nc2ccc(Cl)cn2)c(N)c1. The average Bonchev–Trinajstić information content (AvgIpc) is 2.40. The summed E-state index contributed by atoms with van der Waals surface area (Å²) < 4.78 is 5.30. The van der Waals surface area contributed by atoms with Crippen LogP contribution in [-0.4, -0.2) is 17.5 Å². The number of nitrogen functional groups attached to an aromatic ring is 2. The number of carbonyl (C=O) groups is 1. The molecule has 0 spiro atoms. The molecule has 20 heavy (non-hydrogen) atoms. The molecule has 7 heteroatoms. The van der Waals surface area contributed by atoms with Crippen LogP contribution in [0.5, 0.6) is 5.75 Å². The molecule has 0 bridgehead atoms. The first-order valence-corrected chi connectivity index (χ1v) is 6.11. The van der Waals surface area contributed by atoms with Gasteiger partial charge in [0.15, 0.2) is 6.61 Å². The summed E-state index contributed by atoms with van der Waals surface area (Å²) in [4.78, 5) is 15.6. The van der Waals surface area contributed by atoms with E-state index in [2.05, 4.69) is 10.3 Å². The number of anilines is 3. The highest BCUT2D eigenvalue weighted by molar-refractivity contribution is 6.30. The van der Waals surface area contributed by atoms with Gasteiger partial charge in [0.2, 0.25) is 0 Å². The van der Waals surface area contributed by atoms with Crippen LogP contribution in [0.1, 0.15) is 0 Å². The largest absolute Gasteiger partial charge is 0.482 e. The van der Waals surface area contributed by atoms with E-state index in [-0.39, 0.29) is 12.5 Å². The Hall–Kier alpha value is -2.47. The van der Waals surface area contributed by atoms with E-state index >= 15 is 0 Å². The summed E-state index contributed by atoms with van der Waals surface area (Å²) in [5.41, 5.74) is 12.2. The molecule has 0 atom stereocenters. The van der Waals surface area contributed by atoms with E-state index < -0.39 is 0 Å². The fourth-order valence-corrected chi connectivity index (χ4v) is 1.58. The molecule has 6 nitrogen and oxygen atoms in total. The molecule has 0 aliphatic heterocycles. The van der Waals surface area contributed by atoms with Gasteiger partial charge in [-0.05, 0) is 30.3 Å². The van der Waals surface area contributed by atoms with E-state index in [1.165, 1.54) is 6.20 Å². The Kier molecular flexibility index (Phi) is 4.27. The third-order valence-corrected chi connectivity index (χ3v) is 2.61. The summed E-state index contributed by atoms with van der Waals surface area (Å²) in [7, 11) is 0. The monoisotopic (exact) mass is 292 g/mol. The first-order chi connectivity index (χ1) is 9.54. The first-order valence-electron chi connectivity index (χ1n) is 5.74. The van der Waals surface area contributed by atoms with Crippen LogP contribution in [0.3, 0.4) is 0 Å². The van der Waals surface area contributed by atoms with Gasteiger partial charge in [-0.25, -0.2) is 4.98 Å². The molecular formula is C13H13ClN4O2. The van der Waals surface area contributed by atoms with E-state index in [0.717, 1.165) is 0 Å². The van der Waals surface area contributed by atoms with Crippen LogP contribution in [0.4, 0.5) is 17.2 Å². The normalized spacial score (nSPS) is 10.1. The van der Waals surface area contributed by atoms with E-state index in [0.29, 0.717) is 28.0 Å². The maximum Gasteiger partial charge on any atom is 0.263 e. The van der Waals surface area contributed by atoms with Gasteiger partial charge < -0.3 is 21.5 Å². The van der Waals surface area contributed by atoms with E-state index in [4.69, 9.17) is 27.8 Å². The van der Waals surface area contributed by atoms with Crippen molar-refractivity contribution in [1.29, 1.82) is 0 Å². The number of nitrogens with two attached hydrogens (primary N) is 2. The second kappa shape index (κ2) is 6.12. The molecular weight excluding hydrogens is 280 g/mol. The van der Waals surface area contributed by atoms with Crippen LogP contribution >= 0.6 is 11.6 Å². The summed E-state index contributed by atoms with van der Waals surface area (Å²) >= 11 is 5.70. The molecule has 1 aromatic carbocycles. The van der Waals surface area contributed by atoms with Gasteiger partial charge in [0.05, 0.1) is 10.7 Å². The molecule has 0 fully saturated rings. The number of pyridine rings is 1. The van der Waals surface area contributed by atoms with Gasteiger partial charge in [-0.2, -0.15) is 0 Å². The summed E-state index contributed by atoms with van der Waals surface area (Å²) in [6.45, 7) is -0.182. The second-order valence-corrected chi connectivity index (χ2v) is 4.43. The zero-order valence-electron chi connectivity index (χ0n) is 10.5. The molecule has 0 aliphatic carbocycles. The maximum atomic E-state index is 11.7. The molecule has 0 saturated carbocycles. The number of hydrogen-bond donors (Lipinski definition) is 3. The average molecular weight is 293 g/mol. The Labute approximate surface area is 120 Å². The molecule has 0 radical (unpaired) electrons. The maximum absolute atomic E-state index is 11.7. The van der Waals surface area contributed by atoms with Crippen LogP contribution in [-0.2, 0) is 4.79 Å². The highest BCUT2D eigenvalue weighted by atomic mass is 35.5. The highest BCUT2D eigenvalue weighted by Gasteiger charge is 2.06. The highest BCUT2D eigenvalue weighted by Crippen LogP contribution is 2.23. The minimum absolute atomic E-state index is 0.182. The predicted octanol–water partition coefficient (Wildman–Crippen LogP) is 1.92. The number of amides is 1. The number of nitrogens with one attached hydrogen (secondary N) is 1. The van der Waals surface area contributed by atoms with Crippen LogP contribution < -0.4 is 21.5 Å². The van der Waals surface area contributed by atoms with Gasteiger partial charge in [0.1, 0.15) is 11.6 Å². The molecule has 2 rings (SSSR count). The standard InChI is InChI=1S/C13H13ClN4O2/c14-8-1-4-12(17-6-8)18-13(19)7-20-11-3-2-9(15)5-10(11)16/h1-6H,7,15-16H2,(H,17,18,19). The smallest absolute Gasteiger partial charge is 0.263 e. The number of rotatable bonds is 4. The van der Waals surface area contributed by atoms with Crippen molar-refractivity contribution in [2.45, 2.75) is 0 Å². The van der Waals surface area contributed by atoms with Gasteiger partial charge in [-0.15, -0.1) is 0 Å². The van der Waals surface area contributed by atoms with E-state index in [9.17, 15) is 4.79 Å². The Morgan fingerprint density at radius 3 is 2.75 bits per heavy atom.